The molecule has 2 unspecified atom stereocenters. The summed E-state index contributed by atoms with van der Waals surface area (Å²) in [5.74, 6) is 1.29. The van der Waals surface area contributed by atoms with Crippen LogP contribution in [0.1, 0.15) is 28.2 Å². The first-order valence-corrected chi connectivity index (χ1v) is 10.2. The average Bonchev–Trinajstić information content (AvgIpc) is 3.24. The van der Waals surface area contributed by atoms with E-state index in [2.05, 4.69) is 44.5 Å². The molecular weight excluding hydrogens is 350 g/mol. The SMILES string of the molecule is Cc1ncnc(C)c1C(=O)N1CC2CN(CCCNc3ccccc3)CC2C1. The van der Waals surface area contributed by atoms with Gasteiger partial charge in [-0.2, -0.15) is 0 Å². The highest BCUT2D eigenvalue weighted by Gasteiger charge is 2.41. The Bertz CT molecular complexity index is 791. The quantitative estimate of drug-likeness (QED) is 0.782. The molecule has 0 radical (unpaired) electrons. The first-order valence-electron chi connectivity index (χ1n) is 10.2. The second kappa shape index (κ2) is 8.27. The Labute approximate surface area is 167 Å². The topological polar surface area (TPSA) is 61.4 Å². The van der Waals surface area contributed by atoms with E-state index in [4.69, 9.17) is 0 Å². The van der Waals surface area contributed by atoms with Gasteiger partial charge in [-0.3, -0.25) is 4.79 Å². The van der Waals surface area contributed by atoms with Gasteiger partial charge in [-0.25, -0.2) is 9.97 Å². The van der Waals surface area contributed by atoms with Crippen molar-refractivity contribution in [2.75, 3.05) is 44.6 Å². The molecule has 28 heavy (non-hydrogen) atoms. The number of rotatable bonds is 6. The number of carbonyl (C=O) groups is 1. The fourth-order valence-electron chi connectivity index (χ4n) is 4.59. The van der Waals surface area contributed by atoms with Gasteiger partial charge in [0.05, 0.1) is 17.0 Å². The number of aryl methyl sites for hydroxylation is 2. The number of para-hydroxylation sites is 1. The van der Waals surface area contributed by atoms with Gasteiger partial charge < -0.3 is 15.1 Å². The fraction of sp³-hybridized carbons (Fsp3) is 0.500. The summed E-state index contributed by atoms with van der Waals surface area (Å²) < 4.78 is 0. The number of nitrogens with one attached hydrogen (secondary N) is 1. The Hall–Kier alpha value is -2.47. The summed E-state index contributed by atoms with van der Waals surface area (Å²) in [5.41, 5.74) is 3.43. The number of benzene rings is 1. The van der Waals surface area contributed by atoms with Gasteiger partial charge in [0, 0.05) is 38.4 Å². The molecule has 0 saturated carbocycles. The molecule has 4 rings (SSSR count). The second-order valence-electron chi connectivity index (χ2n) is 8.06. The van der Waals surface area contributed by atoms with Gasteiger partial charge in [0.15, 0.2) is 0 Å². The molecule has 1 amide bonds. The smallest absolute Gasteiger partial charge is 0.257 e. The standard InChI is InChI=1S/C22H29N5O/c1-16-21(17(2)25-15-24-16)22(28)27-13-18-11-26(12-19(18)14-27)10-6-9-23-20-7-4-3-5-8-20/h3-5,7-8,15,18-19,23H,6,9-14H2,1-2H3. The molecule has 6 heteroatoms. The molecule has 2 aliphatic rings. The molecule has 2 aliphatic heterocycles. The minimum atomic E-state index is 0.101. The van der Waals surface area contributed by atoms with Crippen LogP contribution in [0.2, 0.25) is 0 Å². The van der Waals surface area contributed by atoms with Gasteiger partial charge in [0.1, 0.15) is 6.33 Å². The summed E-state index contributed by atoms with van der Waals surface area (Å²) >= 11 is 0. The van der Waals surface area contributed by atoms with E-state index in [0.29, 0.717) is 17.4 Å². The third-order valence-electron chi connectivity index (χ3n) is 6.04. The van der Waals surface area contributed by atoms with E-state index in [-0.39, 0.29) is 5.91 Å². The maximum Gasteiger partial charge on any atom is 0.257 e. The summed E-state index contributed by atoms with van der Waals surface area (Å²) in [6.45, 7) is 9.81. The number of hydrogen-bond acceptors (Lipinski definition) is 5. The Morgan fingerprint density at radius 1 is 1.04 bits per heavy atom. The Balaban J connectivity index is 1.24. The van der Waals surface area contributed by atoms with E-state index in [1.54, 1.807) is 0 Å². The number of hydrogen-bond donors (Lipinski definition) is 1. The van der Waals surface area contributed by atoms with Crippen molar-refractivity contribution in [3.8, 4) is 0 Å². The summed E-state index contributed by atoms with van der Waals surface area (Å²) in [4.78, 5) is 26.0. The van der Waals surface area contributed by atoms with Crippen LogP contribution in [-0.2, 0) is 0 Å². The van der Waals surface area contributed by atoms with E-state index in [1.807, 2.05) is 24.8 Å². The molecule has 0 spiro atoms. The van der Waals surface area contributed by atoms with Crippen molar-refractivity contribution in [2.45, 2.75) is 20.3 Å². The van der Waals surface area contributed by atoms with E-state index in [1.165, 1.54) is 12.0 Å². The van der Waals surface area contributed by atoms with E-state index < -0.39 is 0 Å². The number of fused-ring (bicyclic) bond motifs is 1. The second-order valence-corrected chi connectivity index (χ2v) is 8.06. The lowest BCUT2D eigenvalue weighted by Crippen LogP contribution is -2.34. The van der Waals surface area contributed by atoms with Crippen LogP contribution in [0.25, 0.3) is 0 Å². The van der Waals surface area contributed by atoms with Crippen LogP contribution in [0.5, 0.6) is 0 Å². The Morgan fingerprint density at radius 3 is 2.32 bits per heavy atom. The summed E-state index contributed by atoms with van der Waals surface area (Å²) in [6, 6.07) is 10.4. The molecule has 2 aromatic rings. The fourth-order valence-corrected chi connectivity index (χ4v) is 4.59. The van der Waals surface area contributed by atoms with E-state index in [9.17, 15) is 4.79 Å². The third-order valence-corrected chi connectivity index (χ3v) is 6.04. The molecule has 1 aromatic heterocycles. The molecule has 1 aromatic carbocycles. The summed E-state index contributed by atoms with van der Waals surface area (Å²) in [5, 5.41) is 3.48. The molecule has 148 valence electrons. The molecule has 2 atom stereocenters. The molecule has 0 bridgehead atoms. The third kappa shape index (κ3) is 4.02. The number of anilines is 1. The minimum Gasteiger partial charge on any atom is -0.385 e. The van der Waals surface area contributed by atoms with Gasteiger partial charge in [0.25, 0.3) is 5.91 Å². The zero-order chi connectivity index (χ0) is 19.5. The van der Waals surface area contributed by atoms with E-state index >= 15 is 0 Å². The van der Waals surface area contributed by atoms with Gasteiger partial charge in [-0.05, 0) is 50.8 Å². The van der Waals surface area contributed by atoms with Crippen molar-refractivity contribution in [1.82, 2.24) is 19.8 Å². The van der Waals surface area contributed by atoms with Crippen LogP contribution in [0.4, 0.5) is 5.69 Å². The highest BCUT2D eigenvalue weighted by Crippen LogP contribution is 2.32. The number of aromatic nitrogens is 2. The number of nitrogens with zero attached hydrogens (tertiary/aromatic N) is 4. The van der Waals surface area contributed by atoms with Crippen LogP contribution < -0.4 is 5.32 Å². The maximum absolute atomic E-state index is 13.0. The van der Waals surface area contributed by atoms with Crippen molar-refractivity contribution < 1.29 is 4.79 Å². The molecule has 2 saturated heterocycles. The monoisotopic (exact) mass is 379 g/mol. The highest BCUT2D eigenvalue weighted by atomic mass is 16.2. The lowest BCUT2D eigenvalue weighted by atomic mass is 10.0. The highest BCUT2D eigenvalue weighted by molar-refractivity contribution is 5.96. The van der Waals surface area contributed by atoms with Crippen molar-refractivity contribution in [3.05, 3.63) is 53.6 Å². The van der Waals surface area contributed by atoms with Crippen molar-refractivity contribution in [2.24, 2.45) is 11.8 Å². The predicted octanol–water partition coefficient (Wildman–Crippen LogP) is 2.60. The zero-order valence-corrected chi connectivity index (χ0v) is 16.8. The molecule has 2 fully saturated rings. The van der Waals surface area contributed by atoms with Crippen LogP contribution in [0.3, 0.4) is 0 Å². The number of likely N-dealkylation sites (tertiary alicyclic amines) is 2. The summed E-state index contributed by atoms with van der Waals surface area (Å²) in [7, 11) is 0. The zero-order valence-electron chi connectivity index (χ0n) is 16.8. The molecule has 0 aliphatic carbocycles. The van der Waals surface area contributed by atoms with E-state index in [0.717, 1.165) is 57.1 Å². The van der Waals surface area contributed by atoms with Crippen LogP contribution in [0.15, 0.2) is 36.7 Å². The van der Waals surface area contributed by atoms with Gasteiger partial charge in [0.2, 0.25) is 0 Å². The Kier molecular flexibility index (Phi) is 5.57. The molecular formula is C22H29N5O. The lowest BCUT2D eigenvalue weighted by Gasteiger charge is -2.22. The minimum absolute atomic E-state index is 0.101. The largest absolute Gasteiger partial charge is 0.385 e. The summed E-state index contributed by atoms with van der Waals surface area (Å²) in [6.07, 6.45) is 2.67. The Morgan fingerprint density at radius 2 is 1.68 bits per heavy atom. The van der Waals surface area contributed by atoms with Crippen molar-refractivity contribution in [1.29, 1.82) is 0 Å². The van der Waals surface area contributed by atoms with Gasteiger partial charge in [-0.1, -0.05) is 18.2 Å². The first kappa shape index (κ1) is 18.9. The number of amides is 1. The predicted molar refractivity (Wildman–Crippen MR) is 110 cm³/mol. The maximum atomic E-state index is 13.0. The van der Waals surface area contributed by atoms with Gasteiger partial charge in [-0.15, -0.1) is 0 Å². The van der Waals surface area contributed by atoms with Crippen molar-refractivity contribution in [3.63, 3.8) is 0 Å². The van der Waals surface area contributed by atoms with Crippen molar-refractivity contribution >= 4 is 11.6 Å². The number of carbonyl (C=O) groups excluding carboxylic acids is 1. The molecule has 6 nitrogen and oxygen atoms in total. The van der Waals surface area contributed by atoms with Crippen LogP contribution in [-0.4, -0.2) is 64.9 Å². The van der Waals surface area contributed by atoms with Crippen LogP contribution >= 0.6 is 0 Å². The molecule has 1 N–H and O–H groups in total. The normalized spacial score (nSPS) is 21.7. The van der Waals surface area contributed by atoms with Crippen LogP contribution in [0, 0.1) is 25.7 Å². The van der Waals surface area contributed by atoms with Gasteiger partial charge >= 0.3 is 0 Å². The average molecular weight is 380 g/mol. The molecule has 3 heterocycles. The first-order chi connectivity index (χ1) is 13.6. The lowest BCUT2D eigenvalue weighted by molar-refractivity contribution is 0.0771.